The number of nitrogens with zero attached hydrogens (tertiary/aromatic N) is 3. The van der Waals surface area contributed by atoms with Crippen molar-refractivity contribution in [3.05, 3.63) is 11.4 Å². The summed E-state index contributed by atoms with van der Waals surface area (Å²) in [6.07, 6.45) is 0. The van der Waals surface area contributed by atoms with E-state index in [4.69, 9.17) is 5.73 Å². The van der Waals surface area contributed by atoms with Gasteiger partial charge >= 0.3 is 0 Å². The van der Waals surface area contributed by atoms with Gasteiger partial charge in [-0.1, -0.05) is 20.8 Å². The molecule has 5 heteroatoms. The van der Waals surface area contributed by atoms with E-state index in [0.717, 1.165) is 17.9 Å². The van der Waals surface area contributed by atoms with E-state index in [1.807, 2.05) is 20.9 Å². The van der Waals surface area contributed by atoms with Gasteiger partial charge in [0.15, 0.2) is 0 Å². The second kappa shape index (κ2) is 5.00. The van der Waals surface area contributed by atoms with E-state index < -0.39 is 0 Å². The number of aryl methyl sites for hydroxylation is 1. The largest absolute Gasteiger partial charge is 0.396 e. The molecule has 0 spiro atoms. The Balaban J connectivity index is 2.73. The highest BCUT2D eigenvalue weighted by molar-refractivity contribution is 5.76. The number of nitrogens with two attached hydrogens (primary N) is 1. The quantitative estimate of drug-likeness (QED) is 0.888. The van der Waals surface area contributed by atoms with Crippen molar-refractivity contribution >= 4 is 11.6 Å². The Hall–Kier alpha value is -1.52. The Kier molecular flexibility index (Phi) is 4.04. The molecule has 0 radical (unpaired) electrons. The lowest BCUT2D eigenvalue weighted by Gasteiger charge is -2.26. The minimum atomic E-state index is 0.0514. The molecule has 0 atom stereocenters. The molecule has 0 saturated carbocycles. The zero-order valence-electron chi connectivity index (χ0n) is 12.2. The molecular weight excluding hydrogens is 228 g/mol. The van der Waals surface area contributed by atoms with Gasteiger partial charge in [0.25, 0.3) is 0 Å². The van der Waals surface area contributed by atoms with Crippen molar-refractivity contribution in [1.82, 2.24) is 14.7 Å². The fraction of sp³-hybridized carbons (Fsp3) is 0.692. The zero-order chi connectivity index (χ0) is 14.1. The third-order valence-electron chi connectivity index (χ3n) is 2.86. The number of carbonyl (C=O) groups excluding carboxylic acids is 1. The van der Waals surface area contributed by atoms with Crippen LogP contribution in [0.15, 0.2) is 0 Å². The fourth-order valence-electron chi connectivity index (χ4n) is 1.91. The first-order valence-electron chi connectivity index (χ1n) is 6.15. The minimum Gasteiger partial charge on any atom is -0.396 e. The lowest BCUT2D eigenvalue weighted by Crippen LogP contribution is -2.36. The van der Waals surface area contributed by atoms with Gasteiger partial charge in [-0.2, -0.15) is 5.10 Å². The van der Waals surface area contributed by atoms with E-state index in [2.05, 4.69) is 25.9 Å². The monoisotopic (exact) mass is 252 g/mol. The molecule has 1 aromatic heterocycles. The number of likely N-dealkylation sites (N-methyl/N-ethyl adjacent to an activating group) is 1. The van der Waals surface area contributed by atoms with Gasteiger partial charge in [0, 0.05) is 13.6 Å². The fourth-order valence-corrected chi connectivity index (χ4v) is 1.91. The molecule has 18 heavy (non-hydrogen) atoms. The molecule has 1 aromatic rings. The van der Waals surface area contributed by atoms with E-state index in [0.29, 0.717) is 5.69 Å². The third-order valence-corrected chi connectivity index (χ3v) is 2.86. The highest BCUT2D eigenvalue weighted by atomic mass is 16.2. The Morgan fingerprint density at radius 2 is 1.94 bits per heavy atom. The lowest BCUT2D eigenvalue weighted by molar-refractivity contribution is -0.131. The molecule has 1 heterocycles. The number of rotatable bonds is 3. The Morgan fingerprint density at radius 1 is 1.39 bits per heavy atom. The molecule has 0 saturated heterocycles. The number of anilines is 1. The molecule has 0 fully saturated rings. The summed E-state index contributed by atoms with van der Waals surface area (Å²) in [6.45, 7) is 11.0. The minimum absolute atomic E-state index is 0.0514. The van der Waals surface area contributed by atoms with Crippen LogP contribution in [0.5, 0.6) is 0 Å². The maximum atomic E-state index is 12.1. The summed E-state index contributed by atoms with van der Waals surface area (Å²) in [4.78, 5) is 13.8. The number of nitrogen functional groups attached to an aromatic ring is 1. The van der Waals surface area contributed by atoms with Gasteiger partial charge in [-0.25, -0.2) is 0 Å². The average Bonchev–Trinajstić information content (AvgIpc) is 2.44. The van der Waals surface area contributed by atoms with E-state index >= 15 is 0 Å². The van der Waals surface area contributed by atoms with Crippen LogP contribution in [0.4, 0.5) is 5.69 Å². The average molecular weight is 252 g/mol. The Morgan fingerprint density at radius 3 is 2.33 bits per heavy atom. The van der Waals surface area contributed by atoms with E-state index in [1.54, 1.807) is 9.58 Å². The van der Waals surface area contributed by atoms with Crippen molar-refractivity contribution in [1.29, 1.82) is 0 Å². The molecule has 0 aliphatic carbocycles. The molecule has 1 rings (SSSR count). The molecule has 102 valence electrons. The smallest absolute Gasteiger partial charge is 0.244 e. The summed E-state index contributed by atoms with van der Waals surface area (Å²) in [7, 11) is 1.82. The molecule has 0 unspecified atom stereocenters. The molecule has 0 aliphatic heterocycles. The summed E-state index contributed by atoms with van der Waals surface area (Å²) >= 11 is 0. The standard InChI is InChI=1S/C13H24N4O/c1-9-12(14)10(2)17(15-9)7-11(18)16(6)8-13(3,4)5/h7-8,14H2,1-6H3. The zero-order valence-corrected chi connectivity index (χ0v) is 12.2. The van der Waals surface area contributed by atoms with E-state index in [1.165, 1.54) is 0 Å². The summed E-state index contributed by atoms with van der Waals surface area (Å²) in [5, 5.41) is 4.27. The number of amides is 1. The van der Waals surface area contributed by atoms with Gasteiger partial charge in [-0.05, 0) is 19.3 Å². The highest BCUT2D eigenvalue weighted by Gasteiger charge is 2.19. The topological polar surface area (TPSA) is 64.2 Å². The van der Waals surface area contributed by atoms with Gasteiger partial charge in [0.2, 0.25) is 5.91 Å². The van der Waals surface area contributed by atoms with E-state index in [-0.39, 0.29) is 17.9 Å². The Labute approximate surface area is 109 Å². The van der Waals surface area contributed by atoms with E-state index in [9.17, 15) is 4.79 Å². The predicted octanol–water partition coefficient (Wildman–Crippen LogP) is 1.59. The van der Waals surface area contributed by atoms with Crippen LogP contribution < -0.4 is 5.73 Å². The molecule has 0 aromatic carbocycles. The predicted molar refractivity (Wildman–Crippen MR) is 73.2 cm³/mol. The normalized spacial score (nSPS) is 11.7. The lowest BCUT2D eigenvalue weighted by atomic mass is 9.96. The van der Waals surface area contributed by atoms with Crippen LogP contribution in [0.3, 0.4) is 0 Å². The molecule has 2 N–H and O–H groups in total. The first-order valence-corrected chi connectivity index (χ1v) is 6.15. The van der Waals surface area contributed by atoms with Gasteiger partial charge in [0.1, 0.15) is 6.54 Å². The van der Waals surface area contributed by atoms with Crippen LogP contribution in [0, 0.1) is 19.3 Å². The maximum absolute atomic E-state index is 12.1. The summed E-state index contributed by atoms with van der Waals surface area (Å²) in [5.41, 5.74) is 8.24. The first kappa shape index (κ1) is 14.5. The van der Waals surface area contributed by atoms with Crippen molar-refractivity contribution in [3.63, 3.8) is 0 Å². The van der Waals surface area contributed by atoms with Gasteiger partial charge in [-0.15, -0.1) is 0 Å². The van der Waals surface area contributed by atoms with Gasteiger partial charge < -0.3 is 10.6 Å². The van der Waals surface area contributed by atoms with Crippen molar-refractivity contribution in [2.24, 2.45) is 5.41 Å². The second-order valence-corrected chi connectivity index (χ2v) is 6.05. The summed E-state index contributed by atoms with van der Waals surface area (Å²) < 4.78 is 1.67. The highest BCUT2D eigenvalue weighted by Crippen LogP contribution is 2.16. The van der Waals surface area contributed by atoms with Crippen molar-refractivity contribution in [2.75, 3.05) is 19.3 Å². The number of hydrogen-bond donors (Lipinski definition) is 1. The Bertz CT molecular complexity index is 443. The number of carbonyl (C=O) groups is 1. The van der Waals surface area contributed by atoms with Crippen LogP contribution in [0.1, 0.15) is 32.2 Å². The van der Waals surface area contributed by atoms with Gasteiger partial charge in [-0.3, -0.25) is 9.48 Å². The van der Waals surface area contributed by atoms with Crippen LogP contribution >= 0.6 is 0 Å². The van der Waals surface area contributed by atoms with Crippen LogP contribution in [0.25, 0.3) is 0 Å². The number of hydrogen-bond acceptors (Lipinski definition) is 3. The van der Waals surface area contributed by atoms with Crippen LogP contribution in [0.2, 0.25) is 0 Å². The molecule has 0 aliphatic rings. The van der Waals surface area contributed by atoms with Crippen LogP contribution in [-0.2, 0) is 11.3 Å². The van der Waals surface area contributed by atoms with Crippen molar-refractivity contribution in [3.8, 4) is 0 Å². The van der Waals surface area contributed by atoms with Crippen molar-refractivity contribution < 1.29 is 4.79 Å². The summed E-state index contributed by atoms with van der Waals surface area (Å²) in [6, 6.07) is 0. The van der Waals surface area contributed by atoms with Crippen molar-refractivity contribution in [2.45, 2.75) is 41.2 Å². The third kappa shape index (κ3) is 3.48. The second-order valence-electron chi connectivity index (χ2n) is 6.05. The molecular formula is C13H24N4O. The van der Waals surface area contributed by atoms with Crippen LogP contribution in [-0.4, -0.2) is 34.2 Å². The van der Waals surface area contributed by atoms with Gasteiger partial charge in [0.05, 0.1) is 17.1 Å². The molecule has 0 bridgehead atoms. The maximum Gasteiger partial charge on any atom is 0.244 e. The summed E-state index contributed by atoms with van der Waals surface area (Å²) in [5.74, 6) is 0.0514. The molecule has 5 nitrogen and oxygen atoms in total. The number of aromatic nitrogens is 2. The SMILES string of the molecule is Cc1nn(CC(=O)N(C)CC(C)(C)C)c(C)c1N. The first-order chi connectivity index (χ1) is 8.11. The molecule has 1 amide bonds.